The molecule has 0 spiro atoms. The van der Waals surface area contributed by atoms with Crippen molar-refractivity contribution < 1.29 is 14.3 Å². The van der Waals surface area contributed by atoms with Crippen LogP contribution in [0.4, 0.5) is 5.69 Å². The van der Waals surface area contributed by atoms with Crippen molar-refractivity contribution >= 4 is 17.6 Å². The van der Waals surface area contributed by atoms with Gasteiger partial charge in [0.2, 0.25) is 0 Å². The predicted octanol–water partition coefficient (Wildman–Crippen LogP) is 2.08. The van der Waals surface area contributed by atoms with Crippen LogP contribution in [-0.2, 0) is 16.6 Å². The highest BCUT2D eigenvalue weighted by molar-refractivity contribution is 5.96. The van der Waals surface area contributed by atoms with Crippen LogP contribution < -0.4 is 5.32 Å². The second-order valence-corrected chi connectivity index (χ2v) is 4.73. The topological polar surface area (TPSA) is 84.1 Å². The summed E-state index contributed by atoms with van der Waals surface area (Å²) >= 11 is 0. The molecule has 1 amide bonds. The van der Waals surface area contributed by atoms with Gasteiger partial charge in [0.1, 0.15) is 5.69 Å². The molecule has 1 heterocycles. The van der Waals surface area contributed by atoms with Gasteiger partial charge in [0, 0.05) is 18.9 Å². The summed E-state index contributed by atoms with van der Waals surface area (Å²) in [6.07, 6.45) is 0.788. The number of amides is 1. The predicted molar refractivity (Wildman–Crippen MR) is 80.1 cm³/mol. The lowest BCUT2D eigenvalue weighted by molar-refractivity contribution is -0.123. The van der Waals surface area contributed by atoms with Gasteiger partial charge >= 0.3 is 5.97 Å². The zero-order valence-electron chi connectivity index (χ0n) is 12.2. The first kappa shape index (κ1) is 15.3. The number of nitrogens with one attached hydrogen (secondary N) is 1. The van der Waals surface area contributed by atoms with Crippen molar-refractivity contribution in [1.29, 1.82) is 5.26 Å². The Morgan fingerprint density at radius 2 is 1.95 bits per heavy atom. The van der Waals surface area contributed by atoms with E-state index in [1.54, 1.807) is 54.2 Å². The molecule has 1 atom stereocenters. The molecule has 0 saturated heterocycles. The van der Waals surface area contributed by atoms with E-state index in [-0.39, 0.29) is 0 Å². The lowest BCUT2D eigenvalue weighted by atomic mass is 10.2. The SMILES string of the molecule is C[C@H](OC(=O)c1cccn1C)C(=O)Nc1ccc(C#N)cc1. The summed E-state index contributed by atoms with van der Waals surface area (Å²) in [4.78, 5) is 23.9. The zero-order valence-corrected chi connectivity index (χ0v) is 12.2. The number of anilines is 1. The first-order valence-corrected chi connectivity index (χ1v) is 6.64. The highest BCUT2D eigenvalue weighted by Gasteiger charge is 2.20. The summed E-state index contributed by atoms with van der Waals surface area (Å²) in [7, 11) is 1.72. The highest BCUT2D eigenvalue weighted by Crippen LogP contribution is 2.11. The number of aryl methyl sites for hydroxylation is 1. The molecular weight excluding hydrogens is 282 g/mol. The fourth-order valence-corrected chi connectivity index (χ4v) is 1.82. The van der Waals surface area contributed by atoms with Gasteiger partial charge in [-0.05, 0) is 43.3 Å². The van der Waals surface area contributed by atoms with Gasteiger partial charge in [-0.15, -0.1) is 0 Å². The van der Waals surface area contributed by atoms with Crippen LogP contribution >= 0.6 is 0 Å². The highest BCUT2D eigenvalue weighted by atomic mass is 16.5. The van der Waals surface area contributed by atoms with Crippen LogP contribution in [0.25, 0.3) is 0 Å². The Balaban J connectivity index is 1.96. The molecule has 1 N–H and O–H groups in total. The smallest absolute Gasteiger partial charge is 0.355 e. The number of rotatable bonds is 4. The minimum Gasteiger partial charge on any atom is -0.448 e. The van der Waals surface area contributed by atoms with E-state index in [1.807, 2.05) is 6.07 Å². The Morgan fingerprint density at radius 3 is 2.50 bits per heavy atom. The summed E-state index contributed by atoms with van der Waals surface area (Å²) in [6.45, 7) is 1.50. The standard InChI is InChI=1S/C16H15N3O3/c1-11(22-16(21)14-4-3-9-19(14)2)15(20)18-13-7-5-12(10-17)6-8-13/h3-9,11H,1-2H3,(H,18,20)/t11-/m0/s1. The van der Waals surface area contributed by atoms with Crippen molar-refractivity contribution in [2.24, 2.45) is 7.05 Å². The molecule has 1 aromatic heterocycles. The van der Waals surface area contributed by atoms with Crippen molar-refractivity contribution in [2.75, 3.05) is 5.32 Å². The van der Waals surface area contributed by atoms with Crippen molar-refractivity contribution in [2.45, 2.75) is 13.0 Å². The summed E-state index contributed by atoms with van der Waals surface area (Å²) < 4.78 is 6.75. The van der Waals surface area contributed by atoms with Gasteiger partial charge < -0.3 is 14.6 Å². The molecule has 0 unspecified atom stereocenters. The van der Waals surface area contributed by atoms with Crippen molar-refractivity contribution in [1.82, 2.24) is 4.57 Å². The molecule has 0 aliphatic rings. The van der Waals surface area contributed by atoms with Gasteiger partial charge in [0.15, 0.2) is 6.10 Å². The van der Waals surface area contributed by atoms with Crippen LogP contribution in [0.1, 0.15) is 23.0 Å². The zero-order chi connectivity index (χ0) is 16.1. The van der Waals surface area contributed by atoms with Crippen LogP contribution in [0.2, 0.25) is 0 Å². The first-order valence-electron chi connectivity index (χ1n) is 6.64. The number of nitrogens with zero attached hydrogens (tertiary/aromatic N) is 2. The van der Waals surface area contributed by atoms with Crippen molar-refractivity contribution in [3.05, 3.63) is 53.9 Å². The Hall–Kier alpha value is -3.07. The fraction of sp³-hybridized carbons (Fsp3) is 0.188. The van der Waals surface area contributed by atoms with Gasteiger partial charge in [0.25, 0.3) is 5.91 Å². The third-order valence-corrected chi connectivity index (χ3v) is 3.09. The van der Waals surface area contributed by atoms with E-state index in [4.69, 9.17) is 10.00 Å². The molecule has 0 aliphatic carbocycles. The Bertz CT molecular complexity index is 726. The van der Waals surface area contributed by atoms with E-state index < -0.39 is 18.0 Å². The van der Waals surface area contributed by atoms with E-state index in [9.17, 15) is 9.59 Å². The summed E-state index contributed by atoms with van der Waals surface area (Å²) in [5, 5.41) is 11.3. The van der Waals surface area contributed by atoms with Gasteiger partial charge in [-0.2, -0.15) is 5.26 Å². The molecule has 112 valence electrons. The van der Waals surface area contributed by atoms with Gasteiger partial charge in [-0.3, -0.25) is 4.79 Å². The maximum Gasteiger partial charge on any atom is 0.355 e. The number of esters is 1. The third-order valence-electron chi connectivity index (χ3n) is 3.09. The normalized spacial score (nSPS) is 11.3. The summed E-state index contributed by atoms with van der Waals surface area (Å²) in [6, 6.07) is 11.7. The minimum absolute atomic E-state index is 0.373. The van der Waals surface area contributed by atoms with Crippen molar-refractivity contribution in [3.63, 3.8) is 0 Å². The van der Waals surface area contributed by atoms with Crippen LogP contribution in [0.3, 0.4) is 0 Å². The molecule has 1 aromatic carbocycles. The molecule has 0 fully saturated rings. The van der Waals surface area contributed by atoms with Gasteiger partial charge in [0.05, 0.1) is 11.6 Å². The summed E-state index contributed by atoms with van der Waals surface area (Å²) in [5.74, 6) is -0.998. The number of nitriles is 1. The average molecular weight is 297 g/mol. The van der Waals surface area contributed by atoms with E-state index in [0.717, 1.165) is 0 Å². The van der Waals surface area contributed by atoms with E-state index in [1.165, 1.54) is 6.92 Å². The number of carbonyl (C=O) groups excluding carboxylic acids is 2. The molecule has 0 aliphatic heterocycles. The Kier molecular flexibility index (Phi) is 4.59. The first-order chi connectivity index (χ1) is 10.5. The molecule has 0 bridgehead atoms. The van der Waals surface area contributed by atoms with Crippen LogP contribution in [-0.4, -0.2) is 22.5 Å². The largest absolute Gasteiger partial charge is 0.448 e. The maximum absolute atomic E-state index is 12.0. The minimum atomic E-state index is -0.932. The molecule has 0 saturated carbocycles. The molecule has 6 nitrogen and oxygen atoms in total. The quantitative estimate of drug-likeness (QED) is 0.876. The maximum atomic E-state index is 12.0. The lowest BCUT2D eigenvalue weighted by Crippen LogP contribution is -2.30. The van der Waals surface area contributed by atoms with Gasteiger partial charge in [-0.1, -0.05) is 0 Å². The van der Waals surface area contributed by atoms with Gasteiger partial charge in [-0.25, -0.2) is 4.79 Å². The number of ether oxygens (including phenoxy) is 1. The average Bonchev–Trinajstić information content (AvgIpc) is 2.94. The number of benzene rings is 1. The third kappa shape index (κ3) is 3.52. The molecule has 0 radical (unpaired) electrons. The fourth-order valence-electron chi connectivity index (χ4n) is 1.82. The van der Waals surface area contributed by atoms with Crippen LogP contribution in [0, 0.1) is 11.3 Å². The number of aromatic nitrogens is 1. The van der Waals surface area contributed by atoms with E-state index in [2.05, 4.69) is 5.32 Å². The van der Waals surface area contributed by atoms with Crippen LogP contribution in [0.15, 0.2) is 42.6 Å². The second kappa shape index (κ2) is 6.59. The molecular formula is C16H15N3O3. The number of carbonyl (C=O) groups is 2. The van der Waals surface area contributed by atoms with E-state index in [0.29, 0.717) is 16.9 Å². The molecule has 6 heteroatoms. The lowest BCUT2D eigenvalue weighted by Gasteiger charge is -2.13. The summed E-state index contributed by atoms with van der Waals surface area (Å²) in [5.41, 5.74) is 1.41. The Labute approximate surface area is 127 Å². The molecule has 2 aromatic rings. The number of hydrogen-bond acceptors (Lipinski definition) is 4. The van der Waals surface area contributed by atoms with Crippen molar-refractivity contribution in [3.8, 4) is 6.07 Å². The number of hydrogen-bond donors (Lipinski definition) is 1. The molecule has 2 rings (SSSR count). The van der Waals surface area contributed by atoms with E-state index >= 15 is 0 Å². The Morgan fingerprint density at radius 1 is 1.27 bits per heavy atom. The monoisotopic (exact) mass is 297 g/mol. The second-order valence-electron chi connectivity index (χ2n) is 4.73. The molecule has 22 heavy (non-hydrogen) atoms. The van der Waals surface area contributed by atoms with Crippen LogP contribution in [0.5, 0.6) is 0 Å².